The molecule has 0 amide bonds. The molecule has 6 heteroatoms. The highest BCUT2D eigenvalue weighted by Crippen LogP contribution is 2.48. The Morgan fingerprint density at radius 1 is 1.10 bits per heavy atom. The lowest BCUT2D eigenvalue weighted by molar-refractivity contribution is -0.161. The standard InChI is InChI=1S/C15H16Cl2O4/c16-10-6-9(7-11(17)8-10)15(20)12(18)14(21-13(15)19)4-2-1-3-5-14/h6-8,12,18,20H,1-5H2. The molecule has 0 aromatic heterocycles. The van der Waals surface area contributed by atoms with Crippen molar-refractivity contribution in [3.63, 3.8) is 0 Å². The van der Waals surface area contributed by atoms with Crippen LogP contribution in [0.5, 0.6) is 0 Å². The molecule has 1 saturated heterocycles. The summed E-state index contributed by atoms with van der Waals surface area (Å²) in [6.45, 7) is 0. The fourth-order valence-electron chi connectivity index (χ4n) is 3.39. The number of esters is 1. The van der Waals surface area contributed by atoms with Crippen LogP contribution >= 0.6 is 23.2 Å². The van der Waals surface area contributed by atoms with E-state index in [0.29, 0.717) is 12.8 Å². The third kappa shape index (κ3) is 2.25. The van der Waals surface area contributed by atoms with E-state index in [1.807, 2.05) is 0 Å². The van der Waals surface area contributed by atoms with Crippen molar-refractivity contribution in [1.82, 2.24) is 0 Å². The summed E-state index contributed by atoms with van der Waals surface area (Å²) in [6.07, 6.45) is 2.53. The number of carbonyl (C=O) groups excluding carboxylic acids is 1. The smallest absolute Gasteiger partial charge is 0.346 e. The topological polar surface area (TPSA) is 66.8 Å². The Balaban J connectivity index is 2.05. The molecular weight excluding hydrogens is 315 g/mol. The van der Waals surface area contributed by atoms with Crippen LogP contribution in [0.1, 0.15) is 37.7 Å². The lowest BCUT2D eigenvalue weighted by Crippen LogP contribution is -2.50. The lowest BCUT2D eigenvalue weighted by atomic mass is 9.75. The van der Waals surface area contributed by atoms with Gasteiger partial charge in [0.15, 0.2) is 0 Å². The van der Waals surface area contributed by atoms with E-state index in [1.54, 1.807) is 0 Å². The number of benzene rings is 1. The number of aliphatic hydroxyl groups excluding tert-OH is 1. The van der Waals surface area contributed by atoms with Gasteiger partial charge < -0.3 is 14.9 Å². The normalized spacial score (nSPS) is 31.4. The van der Waals surface area contributed by atoms with Gasteiger partial charge >= 0.3 is 5.97 Å². The molecule has 4 nitrogen and oxygen atoms in total. The van der Waals surface area contributed by atoms with Crippen LogP contribution in [0.3, 0.4) is 0 Å². The summed E-state index contributed by atoms with van der Waals surface area (Å²) in [6, 6.07) is 4.36. The van der Waals surface area contributed by atoms with Crippen LogP contribution in [0.15, 0.2) is 18.2 Å². The molecule has 114 valence electrons. The van der Waals surface area contributed by atoms with Crippen molar-refractivity contribution in [3.8, 4) is 0 Å². The number of hydrogen-bond acceptors (Lipinski definition) is 4. The van der Waals surface area contributed by atoms with E-state index < -0.39 is 23.3 Å². The Labute approximate surface area is 132 Å². The summed E-state index contributed by atoms with van der Waals surface area (Å²) in [7, 11) is 0. The average Bonchev–Trinajstić information content (AvgIpc) is 2.61. The molecule has 1 spiro atoms. The summed E-state index contributed by atoms with van der Waals surface area (Å²) in [5.41, 5.74) is -2.95. The second-order valence-electron chi connectivity index (χ2n) is 5.84. The van der Waals surface area contributed by atoms with Gasteiger partial charge in [0.2, 0.25) is 5.60 Å². The summed E-state index contributed by atoms with van der Waals surface area (Å²) in [4.78, 5) is 12.3. The van der Waals surface area contributed by atoms with Gasteiger partial charge in [-0.05, 0) is 43.9 Å². The van der Waals surface area contributed by atoms with Crippen molar-refractivity contribution >= 4 is 29.2 Å². The van der Waals surface area contributed by atoms with Gasteiger partial charge in [-0.2, -0.15) is 0 Å². The van der Waals surface area contributed by atoms with Gasteiger partial charge in [0.1, 0.15) is 11.7 Å². The third-order valence-corrected chi connectivity index (χ3v) is 4.94. The van der Waals surface area contributed by atoms with Gasteiger partial charge in [-0.25, -0.2) is 4.79 Å². The van der Waals surface area contributed by atoms with Crippen LogP contribution in [0, 0.1) is 0 Å². The minimum atomic E-state index is -2.12. The average molecular weight is 331 g/mol. The molecule has 1 aliphatic carbocycles. The summed E-state index contributed by atoms with van der Waals surface area (Å²) in [5.74, 6) is -0.838. The van der Waals surface area contributed by atoms with Crippen LogP contribution in [-0.2, 0) is 15.1 Å². The van der Waals surface area contributed by atoms with Crippen LogP contribution < -0.4 is 0 Å². The number of ether oxygens (including phenoxy) is 1. The van der Waals surface area contributed by atoms with Crippen molar-refractivity contribution in [2.24, 2.45) is 0 Å². The summed E-state index contributed by atoms with van der Waals surface area (Å²) in [5, 5.41) is 22.0. The highest BCUT2D eigenvalue weighted by atomic mass is 35.5. The zero-order valence-corrected chi connectivity index (χ0v) is 12.8. The minimum Gasteiger partial charge on any atom is -0.454 e. The van der Waals surface area contributed by atoms with Crippen LogP contribution in [-0.4, -0.2) is 27.9 Å². The van der Waals surface area contributed by atoms with E-state index in [0.717, 1.165) is 19.3 Å². The molecule has 1 aliphatic heterocycles. The molecule has 3 rings (SSSR count). The maximum Gasteiger partial charge on any atom is 0.346 e. The molecule has 21 heavy (non-hydrogen) atoms. The van der Waals surface area contributed by atoms with E-state index in [4.69, 9.17) is 27.9 Å². The largest absolute Gasteiger partial charge is 0.454 e. The maximum atomic E-state index is 12.3. The molecule has 2 aliphatic rings. The molecule has 1 aromatic rings. The second kappa shape index (κ2) is 5.13. The first kappa shape index (κ1) is 15.1. The highest BCUT2D eigenvalue weighted by molar-refractivity contribution is 6.34. The molecule has 0 bridgehead atoms. The Kier molecular flexibility index (Phi) is 3.69. The third-order valence-electron chi connectivity index (χ3n) is 4.50. The fourth-order valence-corrected chi connectivity index (χ4v) is 3.91. The van der Waals surface area contributed by atoms with E-state index in [9.17, 15) is 15.0 Å². The van der Waals surface area contributed by atoms with Crippen LogP contribution in [0.25, 0.3) is 0 Å². The molecule has 2 unspecified atom stereocenters. The van der Waals surface area contributed by atoms with E-state index in [2.05, 4.69) is 0 Å². The Morgan fingerprint density at radius 2 is 1.67 bits per heavy atom. The SMILES string of the molecule is O=C1OC2(CCCCC2)C(O)C1(O)c1cc(Cl)cc(Cl)c1. The molecule has 1 heterocycles. The number of halogens is 2. The van der Waals surface area contributed by atoms with Gasteiger partial charge in [-0.15, -0.1) is 0 Å². The number of hydrogen-bond donors (Lipinski definition) is 2. The van der Waals surface area contributed by atoms with Crippen LogP contribution in [0.2, 0.25) is 10.0 Å². The monoisotopic (exact) mass is 330 g/mol. The quantitative estimate of drug-likeness (QED) is 0.777. The number of rotatable bonds is 1. The molecule has 0 radical (unpaired) electrons. The minimum absolute atomic E-state index is 0.167. The van der Waals surface area contributed by atoms with Crippen molar-refractivity contribution in [2.45, 2.75) is 49.4 Å². The molecule has 2 N–H and O–H groups in total. The number of aliphatic hydroxyl groups is 2. The summed E-state index contributed by atoms with van der Waals surface area (Å²) >= 11 is 11.9. The molecule has 2 fully saturated rings. The van der Waals surface area contributed by atoms with Crippen molar-refractivity contribution < 1.29 is 19.7 Å². The zero-order valence-electron chi connectivity index (χ0n) is 11.3. The van der Waals surface area contributed by atoms with Crippen LogP contribution in [0.4, 0.5) is 0 Å². The maximum absolute atomic E-state index is 12.3. The summed E-state index contributed by atoms with van der Waals surface area (Å²) < 4.78 is 5.43. The first-order valence-electron chi connectivity index (χ1n) is 6.99. The Bertz CT molecular complexity index is 563. The Morgan fingerprint density at radius 3 is 2.24 bits per heavy atom. The van der Waals surface area contributed by atoms with E-state index >= 15 is 0 Å². The zero-order chi connectivity index (χ0) is 15.3. The second-order valence-corrected chi connectivity index (χ2v) is 6.71. The highest BCUT2D eigenvalue weighted by Gasteiger charge is 2.64. The van der Waals surface area contributed by atoms with Crippen molar-refractivity contribution in [1.29, 1.82) is 0 Å². The van der Waals surface area contributed by atoms with Crippen molar-refractivity contribution in [2.75, 3.05) is 0 Å². The molecule has 1 aromatic carbocycles. The fraction of sp³-hybridized carbons (Fsp3) is 0.533. The first-order chi connectivity index (χ1) is 9.88. The van der Waals surface area contributed by atoms with E-state index in [-0.39, 0.29) is 15.6 Å². The van der Waals surface area contributed by atoms with Gasteiger partial charge in [0, 0.05) is 15.6 Å². The molecule has 1 saturated carbocycles. The van der Waals surface area contributed by atoms with Gasteiger partial charge in [0.05, 0.1) is 0 Å². The van der Waals surface area contributed by atoms with Gasteiger partial charge in [-0.3, -0.25) is 0 Å². The predicted octanol–water partition coefficient (Wildman–Crippen LogP) is 2.80. The van der Waals surface area contributed by atoms with Gasteiger partial charge in [-0.1, -0.05) is 29.6 Å². The van der Waals surface area contributed by atoms with Gasteiger partial charge in [0.25, 0.3) is 0 Å². The predicted molar refractivity (Wildman–Crippen MR) is 78.3 cm³/mol. The van der Waals surface area contributed by atoms with Crippen molar-refractivity contribution in [3.05, 3.63) is 33.8 Å². The number of carbonyl (C=O) groups is 1. The lowest BCUT2D eigenvalue weighted by Gasteiger charge is -2.36. The molecular formula is C15H16Cl2O4. The first-order valence-corrected chi connectivity index (χ1v) is 7.74. The Hall–Kier alpha value is -0.810. The van der Waals surface area contributed by atoms with E-state index in [1.165, 1.54) is 18.2 Å². The molecule has 2 atom stereocenters.